The Labute approximate surface area is 75.7 Å². The third-order valence-corrected chi connectivity index (χ3v) is 2.35. The second-order valence-electron chi connectivity index (χ2n) is 4.76. The van der Waals surface area contributed by atoms with Crippen molar-refractivity contribution in [2.75, 3.05) is 7.11 Å². The molecule has 0 bridgehead atoms. The van der Waals surface area contributed by atoms with Crippen molar-refractivity contribution < 1.29 is 4.74 Å². The molecule has 2 atom stereocenters. The molecule has 0 aromatic rings. The van der Waals surface area contributed by atoms with Gasteiger partial charge in [-0.15, -0.1) is 0 Å². The third-order valence-electron chi connectivity index (χ3n) is 2.35. The highest BCUT2D eigenvalue weighted by Gasteiger charge is 2.26. The molecule has 1 saturated carbocycles. The first kappa shape index (κ1) is 10.0. The topological polar surface area (TPSA) is 21.3 Å². The number of methoxy groups -OCH3 is 1. The highest BCUT2D eigenvalue weighted by atomic mass is 16.5. The molecule has 0 heterocycles. The van der Waals surface area contributed by atoms with Gasteiger partial charge >= 0.3 is 0 Å². The molecule has 0 saturated heterocycles. The molecule has 0 aromatic carbocycles. The molecular formula is C10H21NO. The van der Waals surface area contributed by atoms with Crippen molar-refractivity contribution in [3.63, 3.8) is 0 Å². The molecule has 0 amide bonds. The Morgan fingerprint density at radius 3 is 2.33 bits per heavy atom. The maximum absolute atomic E-state index is 5.32. The molecule has 1 aliphatic carbocycles. The van der Waals surface area contributed by atoms with E-state index in [0.29, 0.717) is 12.1 Å². The van der Waals surface area contributed by atoms with E-state index in [9.17, 15) is 0 Å². The maximum atomic E-state index is 5.32. The summed E-state index contributed by atoms with van der Waals surface area (Å²) in [5.41, 5.74) is 0.243. The normalized spacial score (nSPS) is 31.0. The minimum Gasteiger partial charge on any atom is -0.381 e. The molecule has 0 spiro atoms. The fourth-order valence-electron chi connectivity index (χ4n) is 1.90. The minimum atomic E-state index is 0.243. The summed E-state index contributed by atoms with van der Waals surface area (Å²) >= 11 is 0. The van der Waals surface area contributed by atoms with Crippen LogP contribution in [0, 0.1) is 0 Å². The molecule has 1 aliphatic rings. The summed E-state index contributed by atoms with van der Waals surface area (Å²) in [4.78, 5) is 0. The first-order valence-corrected chi connectivity index (χ1v) is 4.82. The molecule has 2 heteroatoms. The molecule has 1 N–H and O–H groups in total. The van der Waals surface area contributed by atoms with Crippen LogP contribution in [-0.2, 0) is 4.74 Å². The van der Waals surface area contributed by atoms with Gasteiger partial charge in [-0.25, -0.2) is 0 Å². The number of rotatable bonds is 2. The molecule has 1 rings (SSSR count). The van der Waals surface area contributed by atoms with Crippen LogP contribution in [0.2, 0.25) is 0 Å². The van der Waals surface area contributed by atoms with Crippen molar-refractivity contribution in [3.8, 4) is 0 Å². The van der Waals surface area contributed by atoms with E-state index < -0.39 is 0 Å². The lowest BCUT2D eigenvalue weighted by atomic mass is 10.1. The molecule has 1 fully saturated rings. The maximum Gasteiger partial charge on any atom is 0.0586 e. The van der Waals surface area contributed by atoms with Crippen LogP contribution < -0.4 is 5.32 Å². The van der Waals surface area contributed by atoms with E-state index in [0.717, 1.165) is 0 Å². The van der Waals surface area contributed by atoms with Crippen molar-refractivity contribution in [2.45, 2.75) is 57.7 Å². The number of ether oxygens (including phenoxy) is 1. The van der Waals surface area contributed by atoms with E-state index in [2.05, 4.69) is 26.1 Å². The van der Waals surface area contributed by atoms with Crippen molar-refractivity contribution in [1.29, 1.82) is 0 Å². The van der Waals surface area contributed by atoms with Crippen LogP contribution >= 0.6 is 0 Å². The zero-order valence-electron chi connectivity index (χ0n) is 8.68. The number of nitrogens with one attached hydrogen (secondary N) is 1. The van der Waals surface area contributed by atoms with Gasteiger partial charge in [0.2, 0.25) is 0 Å². The number of hydrogen-bond donors (Lipinski definition) is 1. The predicted molar refractivity (Wildman–Crippen MR) is 51.3 cm³/mol. The largest absolute Gasteiger partial charge is 0.381 e. The van der Waals surface area contributed by atoms with Gasteiger partial charge in [0.05, 0.1) is 6.10 Å². The molecule has 12 heavy (non-hydrogen) atoms. The average molecular weight is 171 g/mol. The van der Waals surface area contributed by atoms with Gasteiger partial charge in [0, 0.05) is 18.7 Å². The Morgan fingerprint density at radius 2 is 1.92 bits per heavy atom. The Hall–Kier alpha value is -0.0800. The van der Waals surface area contributed by atoms with Gasteiger partial charge in [0.25, 0.3) is 0 Å². The van der Waals surface area contributed by atoms with Crippen LogP contribution in [0.1, 0.15) is 40.0 Å². The van der Waals surface area contributed by atoms with Crippen LogP contribution in [-0.4, -0.2) is 24.8 Å². The van der Waals surface area contributed by atoms with Gasteiger partial charge in [-0.2, -0.15) is 0 Å². The van der Waals surface area contributed by atoms with Gasteiger partial charge < -0.3 is 10.1 Å². The molecular weight excluding hydrogens is 150 g/mol. The van der Waals surface area contributed by atoms with E-state index in [1.54, 1.807) is 0 Å². The average Bonchev–Trinajstić information content (AvgIpc) is 2.32. The lowest BCUT2D eigenvalue weighted by molar-refractivity contribution is 0.106. The van der Waals surface area contributed by atoms with E-state index in [1.165, 1.54) is 19.3 Å². The van der Waals surface area contributed by atoms with Crippen molar-refractivity contribution in [3.05, 3.63) is 0 Å². The molecule has 2 nitrogen and oxygen atoms in total. The highest BCUT2D eigenvalue weighted by molar-refractivity contribution is 4.85. The highest BCUT2D eigenvalue weighted by Crippen LogP contribution is 2.23. The summed E-state index contributed by atoms with van der Waals surface area (Å²) in [6.45, 7) is 6.65. The molecule has 0 unspecified atom stereocenters. The monoisotopic (exact) mass is 171 g/mol. The fraction of sp³-hybridized carbons (Fsp3) is 1.00. The van der Waals surface area contributed by atoms with Crippen molar-refractivity contribution >= 4 is 0 Å². The predicted octanol–water partition coefficient (Wildman–Crippen LogP) is 1.94. The summed E-state index contributed by atoms with van der Waals surface area (Å²) in [5, 5.41) is 3.60. The SMILES string of the molecule is CO[C@@H]1CC[C@H](NC(C)(C)C)C1. The fourth-order valence-corrected chi connectivity index (χ4v) is 1.90. The lowest BCUT2D eigenvalue weighted by Gasteiger charge is -2.25. The Morgan fingerprint density at radius 1 is 1.25 bits per heavy atom. The van der Waals surface area contributed by atoms with Gasteiger partial charge in [0.1, 0.15) is 0 Å². The zero-order valence-corrected chi connectivity index (χ0v) is 8.68. The van der Waals surface area contributed by atoms with Crippen molar-refractivity contribution in [2.24, 2.45) is 0 Å². The smallest absolute Gasteiger partial charge is 0.0586 e. The molecule has 0 aromatic heterocycles. The third kappa shape index (κ3) is 3.11. The molecule has 0 aliphatic heterocycles. The molecule has 72 valence electrons. The summed E-state index contributed by atoms with van der Waals surface area (Å²) in [5.74, 6) is 0. The van der Waals surface area contributed by atoms with Gasteiger partial charge in [-0.3, -0.25) is 0 Å². The lowest BCUT2D eigenvalue weighted by Crippen LogP contribution is -2.42. The van der Waals surface area contributed by atoms with E-state index in [4.69, 9.17) is 4.74 Å². The van der Waals surface area contributed by atoms with Crippen LogP contribution in [0.15, 0.2) is 0 Å². The quantitative estimate of drug-likeness (QED) is 0.685. The Balaban J connectivity index is 2.28. The second-order valence-corrected chi connectivity index (χ2v) is 4.76. The van der Waals surface area contributed by atoms with Crippen LogP contribution in [0.4, 0.5) is 0 Å². The standard InChI is InChI=1S/C10H21NO/c1-10(2,3)11-8-5-6-9(7-8)12-4/h8-9,11H,5-7H2,1-4H3/t8-,9+/m0/s1. The van der Waals surface area contributed by atoms with E-state index in [-0.39, 0.29) is 5.54 Å². The summed E-state index contributed by atoms with van der Waals surface area (Å²) in [7, 11) is 1.81. The zero-order chi connectivity index (χ0) is 9.19. The Bertz CT molecular complexity index is 139. The number of hydrogen-bond acceptors (Lipinski definition) is 2. The van der Waals surface area contributed by atoms with Crippen molar-refractivity contribution in [1.82, 2.24) is 5.32 Å². The van der Waals surface area contributed by atoms with Crippen LogP contribution in [0.3, 0.4) is 0 Å². The summed E-state index contributed by atoms with van der Waals surface area (Å²) in [6.07, 6.45) is 4.14. The summed E-state index contributed by atoms with van der Waals surface area (Å²) in [6, 6.07) is 0.662. The first-order valence-electron chi connectivity index (χ1n) is 4.82. The summed E-state index contributed by atoms with van der Waals surface area (Å²) < 4.78 is 5.32. The van der Waals surface area contributed by atoms with E-state index in [1.807, 2.05) is 7.11 Å². The van der Waals surface area contributed by atoms with Crippen LogP contribution in [0.5, 0.6) is 0 Å². The van der Waals surface area contributed by atoms with Gasteiger partial charge in [-0.05, 0) is 40.0 Å². The van der Waals surface area contributed by atoms with Gasteiger partial charge in [-0.1, -0.05) is 0 Å². The second kappa shape index (κ2) is 3.75. The van der Waals surface area contributed by atoms with Crippen LogP contribution in [0.25, 0.3) is 0 Å². The van der Waals surface area contributed by atoms with Gasteiger partial charge in [0.15, 0.2) is 0 Å². The first-order chi connectivity index (χ1) is 5.51. The minimum absolute atomic E-state index is 0.243. The van der Waals surface area contributed by atoms with E-state index >= 15 is 0 Å². The molecule has 0 radical (unpaired) electrons. The Kier molecular flexibility index (Phi) is 3.13.